The molecular weight excluding hydrogens is 383 g/mol. The standard InChI is InChI=1S/C18H19FN6O2S/c19-14-2-4-16(5-3-14)28(26,27)23-15-6-10-24(11-7-15)17-12-20-13-18(22-17)25-9-1-8-21-25/h1-5,8-9,12-13,15,23H,6-7,10-11H2. The van der Waals surface area contributed by atoms with Crippen molar-refractivity contribution in [3.05, 3.63) is 60.9 Å². The van der Waals surface area contributed by atoms with Gasteiger partial charge in [0.1, 0.15) is 11.6 Å². The summed E-state index contributed by atoms with van der Waals surface area (Å²) in [6.07, 6.45) is 8.07. The van der Waals surface area contributed by atoms with Gasteiger partial charge in [-0.3, -0.25) is 4.98 Å². The highest BCUT2D eigenvalue weighted by Crippen LogP contribution is 2.20. The molecule has 1 N–H and O–H groups in total. The van der Waals surface area contributed by atoms with Crippen molar-refractivity contribution < 1.29 is 12.8 Å². The number of piperidine rings is 1. The van der Waals surface area contributed by atoms with Gasteiger partial charge in [-0.15, -0.1) is 0 Å². The van der Waals surface area contributed by atoms with Crippen LogP contribution in [0.4, 0.5) is 10.2 Å². The second-order valence-electron chi connectivity index (χ2n) is 6.52. The lowest BCUT2D eigenvalue weighted by Crippen LogP contribution is -2.45. The van der Waals surface area contributed by atoms with Crippen LogP contribution in [0.5, 0.6) is 0 Å². The molecule has 10 heteroatoms. The van der Waals surface area contributed by atoms with Crippen molar-refractivity contribution in [1.82, 2.24) is 24.5 Å². The summed E-state index contributed by atoms with van der Waals surface area (Å²) in [4.78, 5) is 11.0. The zero-order valence-electron chi connectivity index (χ0n) is 14.9. The van der Waals surface area contributed by atoms with Crippen LogP contribution in [0.25, 0.3) is 5.82 Å². The van der Waals surface area contributed by atoms with E-state index >= 15 is 0 Å². The second kappa shape index (κ2) is 7.64. The summed E-state index contributed by atoms with van der Waals surface area (Å²) in [5, 5.41) is 4.15. The summed E-state index contributed by atoms with van der Waals surface area (Å²) in [7, 11) is -3.67. The van der Waals surface area contributed by atoms with Crippen LogP contribution in [0.1, 0.15) is 12.8 Å². The number of hydrogen-bond acceptors (Lipinski definition) is 6. The maximum Gasteiger partial charge on any atom is 0.240 e. The normalized spacial score (nSPS) is 15.7. The summed E-state index contributed by atoms with van der Waals surface area (Å²) >= 11 is 0. The van der Waals surface area contributed by atoms with E-state index in [1.165, 1.54) is 12.1 Å². The Morgan fingerprint density at radius 3 is 2.46 bits per heavy atom. The van der Waals surface area contributed by atoms with Crippen molar-refractivity contribution in [2.45, 2.75) is 23.8 Å². The Kier molecular flexibility index (Phi) is 5.05. The van der Waals surface area contributed by atoms with Crippen molar-refractivity contribution in [2.75, 3.05) is 18.0 Å². The maximum atomic E-state index is 13.0. The van der Waals surface area contributed by atoms with Crippen molar-refractivity contribution >= 4 is 15.8 Å². The quantitative estimate of drug-likeness (QED) is 0.699. The Hall–Kier alpha value is -2.85. The van der Waals surface area contributed by atoms with Crippen LogP contribution in [0.15, 0.2) is 60.0 Å². The molecule has 0 radical (unpaired) electrons. The molecule has 4 rings (SSSR count). The van der Waals surface area contributed by atoms with Crippen molar-refractivity contribution in [2.24, 2.45) is 0 Å². The Morgan fingerprint density at radius 1 is 1.07 bits per heavy atom. The van der Waals surface area contributed by atoms with Gasteiger partial charge in [0, 0.05) is 31.5 Å². The zero-order chi connectivity index (χ0) is 19.6. The molecule has 1 aromatic carbocycles. The lowest BCUT2D eigenvalue weighted by molar-refractivity contribution is 0.458. The molecule has 3 heterocycles. The molecule has 1 fully saturated rings. The molecule has 0 saturated carbocycles. The van der Waals surface area contributed by atoms with Gasteiger partial charge >= 0.3 is 0 Å². The number of benzene rings is 1. The summed E-state index contributed by atoms with van der Waals surface area (Å²) in [5.74, 6) is 0.889. The highest BCUT2D eigenvalue weighted by molar-refractivity contribution is 7.89. The summed E-state index contributed by atoms with van der Waals surface area (Å²) in [5.41, 5.74) is 0. The molecule has 1 aliphatic heterocycles. The average Bonchev–Trinajstić information content (AvgIpc) is 3.24. The molecule has 0 bridgehead atoms. The monoisotopic (exact) mass is 402 g/mol. The largest absolute Gasteiger partial charge is 0.355 e. The summed E-state index contributed by atoms with van der Waals surface area (Å²) in [6, 6.07) is 6.44. The van der Waals surface area contributed by atoms with Gasteiger partial charge in [-0.05, 0) is 43.2 Å². The number of nitrogens with zero attached hydrogens (tertiary/aromatic N) is 5. The Bertz CT molecular complexity index is 1030. The number of anilines is 1. The van der Waals surface area contributed by atoms with Gasteiger partial charge in [0.2, 0.25) is 10.0 Å². The molecule has 0 unspecified atom stereocenters. The van der Waals surface area contributed by atoms with E-state index in [1.54, 1.807) is 29.5 Å². The minimum atomic E-state index is -3.67. The highest BCUT2D eigenvalue weighted by Gasteiger charge is 2.25. The molecule has 146 valence electrons. The fraction of sp³-hybridized carbons (Fsp3) is 0.278. The van der Waals surface area contributed by atoms with Gasteiger partial charge in [-0.1, -0.05) is 0 Å². The molecule has 2 aromatic heterocycles. The van der Waals surface area contributed by atoms with Crippen LogP contribution in [0.3, 0.4) is 0 Å². The average molecular weight is 402 g/mol. The van der Waals surface area contributed by atoms with Crippen LogP contribution in [0, 0.1) is 5.82 Å². The van der Waals surface area contributed by atoms with Crippen LogP contribution in [-0.4, -0.2) is 47.3 Å². The Morgan fingerprint density at radius 2 is 1.79 bits per heavy atom. The van der Waals surface area contributed by atoms with E-state index < -0.39 is 15.8 Å². The molecule has 3 aromatic rings. The second-order valence-corrected chi connectivity index (χ2v) is 8.24. The zero-order valence-corrected chi connectivity index (χ0v) is 15.8. The minimum absolute atomic E-state index is 0.0640. The third kappa shape index (κ3) is 4.02. The SMILES string of the molecule is O=S(=O)(NC1CCN(c2cncc(-n3cccn3)n2)CC1)c1ccc(F)cc1. The lowest BCUT2D eigenvalue weighted by Gasteiger charge is -2.32. The smallest absolute Gasteiger partial charge is 0.240 e. The molecule has 0 spiro atoms. The van der Waals surface area contributed by atoms with Gasteiger partial charge < -0.3 is 4.90 Å². The molecule has 1 aliphatic rings. The number of sulfonamides is 1. The van der Waals surface area contributed by atoms with Gasteiger partial charge in [-0.25, -0.2) is 27.2 Å². The molecule has 8 nitrogen and oxygen atoms in total. The van der Waals surface area contributed by atoms with E-state index in [0.29, 0.717) is 31.7 Å². The van der Waals surface area contributed by atoms with Crippen molar-refractivity contribution in [1.29, 1.82) is 0 Å². The molecular formula is C18H19FN6O2S. The predicted molar refractivity (Wildman–Crippen MR) is 101 cm³/mol. The number of hydrogen-bond donors (Lipinski definition) is 1. The Labute approximate surface area is 162 Å². The third-order valence-corrected chi connectivity index (χ3v) is 6.15. The number of halogens is 1. The third-order valence-electron chi connectivity index (χ3n) is 4.61. The molecule has 1 saturated heterocycles. The Balaban J connectivity index is 1.40. The van der Waals surface area contributed by atoms with Crippen LogP contribution in [0.2, 0.25) is 0 Å². The maximum absolute atomic E-state index is 13.0. The molecule has 0 aliphatic carbocycles. The first-order valence-electron chi connectivity index (χ1n) is 8.86. The number of aromatic nitrogens is 4. The van der Waals surface area contributed by atoms with Gasteiger partial charge in [0.15, 0.2) is 5.82 Å². The van der Waals surface area contributed by atoms with Crippen molar-refractivity contribution in [3.63, 3.8) is 0 Å². The van der Waals surface area contributed by atoms with Gasteiger partial charge in [0.05, 0.1) is 17.3 Å². The lowest BCUT2D eigenvalue weighted by atomic mass is 10.1. The predicted octanol–water partition coefficient (Wildman–Crippen LogP) is 1.75. The van der Waals surface area contributed by atoms with E-state index in [4.69, 9.17) is 0 Å². The summed E-state index contributed by atoms with van der Waals surface area (Å²) < 4.78 is 42.3. The minimum Gasteiger partial charge on any atom is -0.355 e. The first kappa shape index (κ1) is 18.5. The van der Waals surface area contributed by atoms with E-state index in [9.17, 15) is 12.8 Å². The topological polar surface area (TPSA) is 93.0 Å². The van der Waals surface area contributed by atoms with Gasteiger partial charge in [0.25, 0.3) is 0 Å². The number of rotatable bonds is 5. The fourth-order valence-corrected chi connectivity index (χ4v) is 4.45. The summed E-state index contributed by atoms with van der Waals surface area (Å²) in [6.45, 7) is 1.29. The van der Waals surface area contributed by atoms with Crippen molar-refractivity contribution in [3.8, 4) is 5.82 Å². The van der Waals surface area contributed by atoms with E-state index in [-0.39, 0.29) is 10.9 Å². The van der Waals surface area contributed by atoms with Crippen LogP contribution >= 0.6 is 0 Å². The number of nitrogens with one attached hydrogen (secondary N) is 1. The first-order chi connectivity index (χ1) is 13.5. The van der Waals surface area contributed by atoms with E-state index in [0.717, 1.165) is 18.0 Å². The van der Waals surface area contributed by atoms with Gasteiger partial charge in [-0.2, -0.15) is 5.10 Å². The van der Waals surface area contributed by atoms with E-state index in [1.807, 2.05) is 6.07 Å². The fourth-order valence-electron chi connectivity index (χ4n) is 3.14. The van der Waals surface area contributed by atoms with Crippen LogP contribution in [-0.2, 0) is 10.0 Å². The van der Waals surface area contributed by atoms with Crippen LogP contribution < -0.4 is 9.62 Å². The molecule has 0 amide bonds. The molecule has 0 atom stereocenters. The first-order valence-corrected chi connectivity index (χ1v) is 10.3. The van der Waals surface area contributed by atoms with E-state index in [2.05, 4.69) is 24.7 Å². The molecule has 28 heavy (non-hydrogen) atoms. The highest BCUT2D eigenvalue weighted by atomic mass is 32.2.